The number of carboxylic acids is 1. The monoisotopic (exact) mass is 241 g/mol. The second-order valence-electron chi connectivity index (χ2n) is 2.92. The SMILES string of the molecule is O=C(O)CC#Cc1cc(F)c([N+](=O)[O-])c(F)c1. The molecule has 7 heteroatoms. The van der Waals surface area contributed by atoms with Crippen LogP contribution in [-0.4, -0.2) is 16.0 Å². The first-order valence-electron chi connectivity index (χ1n) is 4.26. The highest BCUT2D eigenvalue weighted by molar-refractivity contribution is 5.70. The molecule has 0 aliphatic carbocycles. The van der Waals surface area contributed by atoms with Gasteiger partial charge >= 0.3 is 11.7 Å². The Kier molecular flexibility index (Phi) is 3.72. The van der Waals surface area contributed by atoms with Crippen molar-refractivity contribution in [2.45, 2.75) is 6.42 Å². The van der Waals surface area contributed by atoms with Crippen LogP contribution in [0.25, 0.3) is 0 Å². The van der Waals surface area contributed by atoms with Crippen molar-refractivity contribution in [3.8, 4) is 11.8 Å². The molecule has 5 nitrogen and oxygen atoms in total. The first kappa shape index (κ1) is 12.6. The second kappa shape index (κ2) is 5.03. The zero-order valence-electron chi connectivity index (χ0n) is 8.24. The molecule has 0 bridgehead atoms. The molecule has 17 heavy (non-hydrogen) atoms. The minimum Gasteiger partial charge on any atom is -0.481 e. The van der Waals surface area contributed by atoms with E-state index in [0.29, 0.717) is 12.1 Å². The van der Waals surface area contributed by atoms with Gasteiger partial charge in [-0.25, -0.2) is 0 Å². The number of benzene rings is 1. The predicted molar refractivity (Wildman–Crippen MR) is 52.1 cm³/mol. The number of aliphatic carboxylic acids is 1. The fourth-order valence-corrected chi connectivity index (χ4v) is 1.03. The molecule has 0 aromatic heterocycles. The van der Waals surface area contributed by atoms with E-state index in [0.717, 1.165) is 0 Å². The van der Waals surface area contributed by atoms with E-state index in [-0.39, 0.29) is 5.56 Å². The molecule has 1 rings (SSSR count). The van der Waals surface area contributed by atoms with Gasteiger partial charge in [-0.2, -0.15) is 8.78 Å². The minimum absolute atomic E-state index is 0.160. The van der Waals surface area contributed by atoms with Gasteiger partial charge in [-0.15, -0.1) is 0 Å². The number of nitro benzene ring substituents is 1. The fourth-order valence-electron chi connectivity index (χ4n) is 1.03. The molecular formula is C10H5F2NO4. The smallest absolute Gasteiger partial charge is 0.340 e. The molecule has 0 saturated heterocycles. The number of carboxylic acid groups (broad SMARTS) is 1. The Morgan fingerprint density at radius 1 is 1.41 bits per heavy atom. The molecule has 0 saturated carbocycles. The summed E-state index contributed by atoms with van der Waals surface area (Å²) in [6, 6.07) is 1.35. The van der Waals surface area contributed by atoms with E-state index in [4.69, 9.17) is 5.11 Å². The van der Waals surface area contributed by atoms with Crippen LogP contribution in [0, 0.1) is 33.6 Å². The van der Waals surface area contributed by atoms with Crippen molar-refractivity contribution in [2.75, 3.05) is 0 Å². The molecule has 0 amide bonds. The van der Waals surface area contributed by atoms with Gasteiger partial charge in [-0.1, -0.05) is 11.8 Å². The summed E-state index contributed by atoms with van der Waals surface area (Å²) in [4.78, 5) is 19.2. The summed E-state index contributed by atoms with van der Waals surface area (Å²) >= 11 is 0. The summed E-state index contributed by atoms with van der Waals surface area (Å²) in [6.45, 7) is 0. The summed E-state index contributed by atoms with van der Waals surface area (Å²) in [5, 5.41) is 18.5. The number of nitrogens with zero attached hydrogens (tertiary/aromatic N) is 1. The summed E-state index contributed by atoms with van der Waals surface area (Å²) in [7, 11) is 0. The van der Waals surface area contributed by atoms with Crippen molar-refractivity contribution in [3.05, 3.63) is 39.4 Å². The van der Waals surface area contributed by atoms with Crippen molar-refractivity contribution in [3.63, 3.8) is 0 Å². The molecule has 1 aromatic rings. The Balaban J connectivity index is 3.09. The maximum Gasteiger partial charge on any atom is 0.340 e. The van der Waals surface area contributed by atoms with Crippen LogP contribution >= 0.6 is 0 Å². The highest BCUT2D eigenvalue weighted by Gasteiger charge is 2.21. The molecule has 0 aliphatic rings. The number of carbonyl (C=O) groups is 1. The first-order chi connectivity index (χ1) is 7.91. The van der Waals surface area contributed by atoms with Gasteiger partial charge in [0.15, 0.2) is 0 Å². The van der Waals surface area contributed by atoms with E-state index in [9.17, 15) is 23.7 Å². The highest BCUT2D eigenvalue weighted by atomic mass is 19.1. The fraction of sp³-hybridized carbons (Fsp3) is 0.100. The molecule has 0 spiro atoms. The standard InChI is InChI=1S/C10H5F2NO4/c11-7-4-6(2-1-3-9(14)15)5-8(12)10(7)13(16)17/h4-5H,3H2,(H,14,15). The number of nitro groups is 1. The molecule has 0 radical (unpaired) electrons. The van der Waals surface area contributed by atoms with E-state index in [1.54, 1.807) is 0 Å². The third-order valence-corrected chi connectivity index (χ3v) is 1.67. The Morgan fingerprint density at radius 2 is 1.94 bits per heavy atom. The maximum atomic E-state index is 13.1. The largest absolute Gasteiger partial charge is 0.481 e. The minimum atomic E-state index is -1.35. The Bertz CT molecular complexity index is 522. The zero-order chi connectivity index (χ0) is 13.0. The van der Waals surface area contributed by atoms with Gasteiger partial charge in [-0.05, 0) is 12.1 Å². The lowest BCUT2D eigenvalue weighted by molar-refractivity contribution is -0.390. The van der Waals surface area contributed by atoms with Crippen LogP contribution in [0.2, 0.25) is 0 Å². The van der Waals surface area contributed by atoms with E-state index >= 15 is 0 Å². The van der Waals surface area contributed by atoms with Gasteiger partial charge in [0.05, 0.1) is 4.92 Å². The van der Waals surface area contributed by atoms with E-state index < -0.39 is 34.6 Å². The lowest BCUT2D eigenvalue weighted by atomic mass is 10.2. The molecule has 0 unspecified atom stereocenters. The Hall–Kier alpha value is -2.49. The molecule has 1 N–H and O–H groups in total. The molecular weight excluding hydrogens is 236 g/mol. The third kappa shape index (κ3) is 3.24. The summed E-state index contributed by atoms with van der Waals surface area (Å²) in [5.74, 6) is 0.457. The van der Waals surface area contributed by atoms with Crippen LogP contribution in [0.3, 0.4) is 0 Å². The van der Waals surface area contributed by atoms with Crippen LogP contribution in [0.1, 0.15) is 12.0 Å². The summed E-state index contributed by atoms with van der Waals surface area (Å²) in [5.41, 5.74) is -1.42. The van der Waals surface area contributed by atoms with Gasteiger partial charge in [0.1, 0.15) is 6.42 Å². The molecule has 0 heterocycles. The van der Waals surface area contributed by atoms with Gasteiger partial charge < -0.3 is 5.11 Å². The van der Waals surface area contributed by atoms with Gasteiger partial charge in [0.2, 0.25) is 11.6 Å². The van der Waals surface area contributed by atoms with E-state index in [1.807, 2.05) is 0 Å². The lowest BCUT2D eigenvalue weighted by Crippen LogP contribution is -1.97. The van der Waals surface area contributed by atoms with Crippen LogP contribution in [0.5, 0.6) is 0 Å². The number of hydrogen-bond donors (Lipinski definition) is 1. The maximum absolute atomic E-state index is 13.1. The van der Waals surface area contributed by atoms with Crippen LogP contribution in [-0.2, 0) is 4.79 Å². The average molecular weight is 241 g/mol. The van der Waals surface area contributed by atoms with Crippen molar-refractivity contribution in [2.24, 2.45) is 0 Å². The second-order valence-corrected chi connectivity index (χ2v) is 2.92. The first-order valence-corrected chi connectivity index (χ1v) is 4.26. The Morgan fingerprint density at radius 3 is 2.35 bits per heavy atom. The van der Waals surface area contributed by atoms with Crippen molar-refractivity contribution >= 4 is 11.7 Å². The molecule has 1 aromatic carbocycles. The molecule has 0 aliphatic heterocycles. The molecule has 0 atom stereocenters. The van der Waals surface area contributed by atoms with Gasteiger partial charge in [-0.3, -0.25) is 14.9 Å². The number of halogens is 2. The third-order valence-electron chi connectivity index (χ3n) is 1.67. The molecule has 0 fully saturated rings. The van der Waals surface area contributed by atoms with E-state index in [1.165, 1.54) is 0 Å². The highest BCUT2D eigenvalue weighted by Crippen LogP contribution is 2.22. The topological polar surface area (TPSA) is 80.4 Å². The van der Waals surface area contributed by atoms with Crippen molar-refractivity contribution in [1.82, 2.24) is 0 Å². The average Bonchev–Trinajstić information content (AvgIpc) is 2.14. The number of rotatable bonds is 2. The zero-order valence-corrected chi connectivity index (χ0v) is 8.24. The van der Waals surface area contributed by atoms with Crippen LogP contribution in [0.15, 0.2) is 12.1 Å². The van der Waals surface area contributed by atoms with Crippen LogP contribution < -0.4 is 0 Å². The summed E-state index contributed by atoms with van der Waals surface area (Å²) < 4.78 is 26.2. The Labute approximate surface area is 93.8 Å². The quantitative estimate of drug-likeness (QED) is 0.485. The van der Waals surface area contributed by atoms with E-state index in [2.05, 4.69) is 11.8 Å². The summed E-state index contributed by atoms with van der Waals surface area (Å²) in [6.07, 6.45) is -0.486. The lowest BCUT2D eigenvalue weighted by Gasteiger charge is -1.96. The van der Waals surface area contributed by atoms with Crippen LogP contribution in [0.4, 0.5) is 14.5 Å². The van der Waals surface area contributed by atoms with Crippen molar-refractivity contribution < 1.29 is 23.6 Å². The normalized spacial score (nSPS) is 9.29. The molecule has 88 valence electrons. The predicted octanol–water partition coefficient (Wildman–Crippen LogP) is 1.70. The van der Waals surface area contributed by atoms with Crippen molar-refractivity contribution in [1.29, 1.82) is 0 Å². The van der Waals surface area contributed by atoms with Gasteiger partial charge in [0.25, 0.3) is 0 Å². The number of hydrogen-bond acceptors (Lipinski definition) is 3. The van der Waals surface area contributed by atoms with Gasteiger partial charge in [0, 0.05) is 5.56 Å².